The maximum atomic E-state index is 3.55. The highest BCUT2D eigenvalue weighted by Crippen LogP contribution is 2.20. The van der Waals surface area contributed by atoms with Gasteiger partial charge in [0, 0.05) is 17.8 Å². The first kappa shape index (κ1) is 13.6. The lowest BCUT2D eigenvalue weighted by Gasteiger charge is -2.23. The number of aryl methyl sites for hydroxylation is 2. The van der Waals surface area contributed by atoms with Crippen LogP contribution in [0.2, 0.25) is 0 Å². The van der Waals surface area contributed by atoms with Crippen molar-refractivity contribution >= 4 is 11.8 Å². The molecule has 0 saturated carbocycles. The maximum Gasteiger partial charge on any atom is 0.0225 e. The number of rotatable bonds is 5. The van der Waals surface area contributed by atoms with E-state index in [0.29, 0.717) is 4.75 Å². The van der Waals surface area contributed by atoms with Crippen molar-refractivity contribution in [3.63, 3.8) is 0 Å². The molecule has 1 aromatic rings. The summed E-state index contributed by atoms with van der Waals surface area (Å²) in [5.41, 5.74) is 4.21. The number of nitrogens with one attached hydrogen (secondary N) is 1. The first-order valence-electron chi connectivity index (χ1n) is 5.77. The predicted molar refractivity (Wildman–Crippen MR) is 75.2 cm³/mol. The standard InChI is InChI=1S/C14H23NS/c1-11-7-6-8-12(2)13(11)9-15-10-14(3,4)16-5/h6-8,15H,9-10H2,1-5H3. The zero-order valence-electron chi connectivity index (χ0n) is 11.1. The summed E-state index contributed by atoms with van der Waals surface area (Å²) in [6.07, 6.45) is 2.17. The third-order valence-corrected chi connectivity index (χ3v) is 4.30. The molecule has 0 bridgehead atoms. The van der Waals surface area contributed by atoms with Crippen molar-refractivity contribution in [1.82, 2.24) is 5.32 Å². The molecule has 1 aromatic carbocycles. The average Bonchev–Trinajstić information content (AvgIpc) is 2.22. The van der Waals surface area contributed by atoms with E-state index >= 15 is 0 Å². The van der Waals surface area contributed by atoms with Gasteiger partial charge in [-0.05, 0) is 50.6 Å². The van der Waals surface area contributed by atoms with Gasteiger partial charge >= 0.3 is 0 Å². The molecule has 0 aliphatic heterocycles. The topological polar surface area (TPSA) is 12.0 Å². The van der Waals surface area contributed by atoms with E-state index in [9.17, 15) is 0 Å². The van der Waals surface area contributed by atoms with E-state index in [1.165, 1.54) is 16.7 Å². The van der Waals surface area contributed by atoms with Crippen LogP contribution in [0.4, 0.5) is 0 Å². The molecule has 0 fully saturated rings. The summed E-state index contributed by atoms with van der Waals surface area (Å²) in [5, 5.41) is 3.55. The van der Waals surface area contributed by atoms with Crippen LogP contribution in [-0.4, -0.2) is 17.5 Å². The molecule has 0 heterocycles. The Hall–Kier alpha value is -0.470. The first-order valence-corrected chi connectivity index (χ1v) is 7.00. The molecule has 90 valence electrons. The van der Waals surface area contributed by atoms with Gasteiger partial charge in [0.25, 0.3) is 0 Å². The molecule has 0 unspecified atom stereocenters. The van der Waals surface area contributed by atoms with Gasteiger partial charge in [-0.2, -0.15) is 11.8 Å². The van der Waals surface area contributed by atoms with Crippen LogP contribution < -0.4 is 5.32 Å². The van der Waals surface area contributed by atoms with Gasteiger partial charge < -0.3 is 5.32 Å². The van der Waals surface area contributed by atoms with Crippen LogP contribution in [0.15, 0.2) is 18.2 Å². The van der Waals surface area contributed by atoms with Crippen LogP contribution in [0.25, 0.3) is 0 Å². The summed E-state index contributed by atoms with van der Waals surface area (Å²) in [4.78, 5) is 0. The highest BCUT2D eigenvalue weighted by molar-refractivity contribution is 7.99. The van der Waals surface area contributed by atoms with Crippen LogP contribution in [0.3, 0.4) is 0 Å². The molecular weight excluding hydrogens is 214 g/mol. The third-order valence-electron chi connectivity index (χ3n) is 3.05. The summed E-state index contributed by atoms with van der Waals surface area (Å²) in [6.45, 7) is 10.9. The smallest absolute Gasteiger partial charge is 0.0225 e. The molecule has 0 atom stereocenters. The lowest BCUT2D eigenvalue weighted by atomic mass is 10.0. The molecule has 0 aromatic heterocycles. The van der Waals surface area contributed by atoms with Gasteiger partial charge in [0.15, 0.2) is 0 Å². The van der Waals surface area contributed by atoms with Crippen molar-refractivity contribution < 1.29 is 0 Å². The molecule has 2 heteroatoms. The Morgan fingerprint density at radius 1 is 1.19 bits per heavy atom. The third kappa shape index (κ3) is 3.84. The normalized spacial score (nSPS) is 11.8. The zero-order chi connectivity index (χ0) is 12.2. The van der Waals surface area contributed by atoms with Gasteiger partial charge in [-0.3, -0.25) is 0 Å². The van der Waals surface area contributed by atoms with Crippen molar-refractivity contribution in [1.29, 1.82) is 0 Å². The van der Waals surface area contributed by atoms with E-state index in [0.717, 1.165) is 13.1 Å². The van der Waals surface area contributed by atoms with Gasteiger partial charge in [-0.25, -0.2) is 0 Å². The molecule has 0 radical (unpaired) electrons. The summed E-state index contributed by atoms with van der Waals surface area (Å²) in [6, 6.07) is 6.49. The number of hydrogen-bond donors (Lipinski definition) is 1. The number of thioether (sulfide) groups is 1. The van der Waals surface area contributed by atoms with Gasteiger partial charge in [0.1, 0.15) is 0 Å². The SMILES string of the molecule is CSC(C)(C)CNCc1c(C)cccc1C. The molecule has 1 rings (SSSR count). The quantitative estimate of drug-likeness (QED) is 0.840. The minimum absolute atomic E-state index is 0.316. The first-order chi connectivity index (χ1) is 7.46. The molecule has 16 heavy (non-hydrogen) atoms. The summed E-state index contributed by atoms with van der Waals surface area (Å²) >= 11 is 1.91. The Bertz CT molecular complexity index is 324. The van der Waals surface area contributed by atoms with Crippen molar-refractivity contribution in [2.45, 2.75) is 39.0 Å². The van der Waals surface area contributed by atoms with Gasteiger partial charge in [-0.15, -0.1) is 0 Å². The fourth-order valence-corrected chi connectivity index (χ4v) is 1.93. The second kappa shape index (κ2) is 5.74. The fourth-order valence-electron chi connectivity index (χ4n) is 1.69. The molecule has 1 N–H and O–H groups in total. The van der Waals surface area contributed by atoms with E-state index in [1.807, 2.05) is 11.8 Å². The van der Waals surface area contributed by atoms with E-state index in [4.69, 9.17) is 0 Å². The van der Waals surface area contributed by atoms with Crippen LogP contribution in [0, 0.1) is 13.8 Å². The van der Waals surface area contributed by atoms with E-state index in [-0.39, 0.29) is 0 Å². The van der Waals surface area contributed by atoms with Gasteiger partial charge in [-0.1, -0.05) is 18.2 Å². The van der Waals surface area contributed by atoms with E-state index in [1.54, 1.807) is 0 Å². The summed E-state index contributed by atoms with van der Waals surface area (Å²) in [7, 11) is 0. The Labute approximate surface area is 104 Å². The maximum absolute atomic E-state index is 3.55. The van der Waals surface area contributed by atoms with Crippen molar-refractivity contribution in [3.8, 4) is 0 Å². The Kier molecular flexibility index (Phi) is 4.88. The van der Waals surface area contributed by atoms with Crippen LogP contribution in [-0.2, 0) is 6.54 Å². The van der Waals surface area contributed by atoms with Crippen molar-refractivity contribution in [2.24, 2.45) is 0 Å². The second-order valence-electron chi connectivity index (χ2n) is 4.94. The van der Waals surface area contributed by atoms with Crippen LogP contribution >= 0.6 is 11.8 Å². The molecule has 0 amide bonds. The molecule has 0 saturated heterocycles. The van der Waals surface area contributed by atoms with E-state index in [2.05, 4.69) is 57.5 Å². The fraction of sp³-hybridized carbons (Fsp3) is 0.571. The van der Waals surface area contributed by atoms with Crippen LogP contribution in [0.1, 0.15) is 30.5 Å². The lowest BCUT2D eigenvalue weighted by molar-refractivity contribution is 0.589. The predicted octanol–water partition coefficient (Wildman–Crippen LogP) is 3.53. The summed E-state index contributed by atoms with van der Waals surface area (Å²) < 4.78 is 0.316. The Morgan fingerprint density at radius 3 is 2.25 bits per heavy atom. The Balaban J connectivity index is 2.56. The lowest BCUT2D eigenvalue weighted by Crippen LogP contribution is -2.31. The molecule has 0 spiro atoms. The number of benzene rings is 1. The minimum atomic E-state index is 0.316. The average molecular weight is 237 g/mol. The van der Waals surface area contributed by atoms with Crippen molar-refractivity contribution in [2.75, 3.05) is 12.8 Å². The van der Waals surface area contributed by atoms with Crippen LogP contribution in [0.5, 0.6) is 0 Å². The Morgan fingerprint density at radius 2 is 1.75 bits per heavy atom. The van der Waals surface area contributed by atoms with Gasteiger partial charge in [0.05, 0.1) is 0 Å². The molecular formula is C14H23NS. The number of hydrogen-bond acceptors (Lipinski definition) is 2. The second-order valence-corrected chi connectivity index (χ2v) is 6.45. The van der Waals surface area contributed by atoms with Gasteiger partial charge in [0.2, 0.25) is 0 Å². The monoisotopic (exact) mass is 237 g/mol. The largest absolute Gasteiger partial charge is 0.311 e. The molecule has 1 nitrogen and oxygen atoms in total. The summed E-state index contributed by atoms with van der Waals surface area (Å²) in [5.74, 6) is 0. The molecule has 0 aliphatic carbocycles. The van der Waals surface area contributed by atoms with E-state index < -0.39 is 0 Å². The minimum Gasteiger partial charge on any atom is -0.311 e. The zero-order valence-corrected chi connectivity index (χ0v) is 11.9. The molecule has 0 aliphatic rings. The van der Waals surface area contributed by atoms with Crippen molar-refractivity contribution in [3.05, 3.63) is 34.9 Å². The highest BCUT2D eigenvalue weighted by atomic mass is 32.2. The highest BCUT2D eigenvalue weighted by Gasteiger charge is 2.15.